The van der Waals surface area contributed by atoms with Crippen LogP contribution in [0.15, 0.2) is 42.5 Å². The summed E-state index contributed by atoms with van der Waals surface area (Å²) in [6.45, 7) is 2.29. The Kier molecular flexibility index (Phi) is 4.53. The first-order chi connectivity index (χ1) is 10.7. The molecule has 22 heavy (non-hydrogen) atoms. The summed E-state index contributed by atoms with van der Waals surface area (Å²) in [6.07, 6.45) is 0. The van der Waals surface area contributed by atoms with E-state index in [-0.39, 0.29) is 12.7 Å². The van der Waals surface area contributed by atoms with E-state index in [1.807, 2.05) is 49.4 Å². The number of benzene rings is 2. The fraction of sp³-hybridized carbons (Fsp3) is 0.235. The number of nitrogens with one attached hydrogen (secondary N) is 1. The molecule has 0 saturated carbocycles. The molecular weight excluding hydrogens is 298 g/mol. The van der Waals surface area contributed by atoms with Crippen molar-refractivity contribution in [1.29, 1.82) is 0 Å². The van der Waals surface area contributed by atoms with E-state index in [0.717, 1.165) is 34.1 Å². The molecule has 0 bridgehead atoms. The molecule has 1 N–H and O–H groups in total. The molecule has 1 heterocycles. The molecule has 0 saturated heterocycles. The molecule has 0 fully saturated rings. The lowest BCUT2D eigenvalue weighted by Gasteiger charge is -2.06. The lowest BCUT2D eigenvalue weighted by atomic mass is 10.2. The van der Waals surface area contributed by atoms with Crippen LogP contribution >= 0.6 is 11.8 Å². The Bertz CT molecular complexity index is 687. The highest BCUT2D eigenvalue weighted by Gasteiger charge is 2.13. The predicted molar refractivity (Wildman–Crippen MR) is 88.5 cm³/mol. The minimum Gasteiger partial charge on any atom is -0.454 e. The predicted octanol–water partition coefficient (Wildman–Crippen LogP) is 3.60. The van der Waals surface area contributed by atoms with Crippen LogP contribution in [0.3, 0.4) is 0 Å². The van der Waals surface area contributed by atoms with Crippen LogP contribution in [-0.4, -0.2) is 18.5 Å². The summed E-state index contributed by atoms with van der Waals surface area (Å²) in [7, 11) is 0. The highest BCUT2D eigenvalue weighted by molar-refractivity contribution is 7.99. The van der Waals surface area contributed by atoms with E-state index in [1.165, 1.54) is 0 Å². The van der Waals surface area contributed by atoms with Gasteiger partial charge in [0.2, 0.25) is 12.7 Å². The molecule has 0 radical (unpaired) electrons. The van der Waals surface area contributed by atoms with E-state index >= 15 is 0 Å². The second kappa shape index (κ2) is 6.75. The highest BCUT2D eigenvalue weighted by atomic mass is 32.2. The molecule has 1 amide bonds. The zero-order valence-electron chi connectivity index (χ0n) is 12.3. The largest absolute Gasteiger partial charge is 0.454 e. The second-order valence-corrected chi connectivity index (χ2v) is 6.08. The first kappa shape index (κ1) is 14.8. The molecule has 2 aromatic rings. The van der Waals surface area contributed by atoms with Gasteiger partial charge in [-0.2, -0.15) is 0 Å². The Balaban J connectivity index is 1.47. The molecule has 114 valence electrons. The van der Waals surface area contributed by atoms with Gasteiger partial charge in [-0.05, 0) is 42.3 Å². The fourth-order valence-electron chi connectivity index (χ4n) is 2.21. The number of carbonyl (C=O) groups excluding carboxylic acids is 1. The van der Waals surface area contributed by atoms with Crippen LogP contribution < -0.4 is 14.8 Å². The average Bonchev–Trinajstić information content (AvgIpc) is 2.95. The van der Waals surface area contributed by atoms with Crippen LogP contribution in [0.2, 0.25) is 0 Å². The van der Waals surface area contributed by atoms with Crippen molar-refractivity contribution in [3.05, 3.63) is 53.6 Å². The van der Waals surface area contributed by atoms with Crippen molar-refractivity contribution in [1.82, 2.24) is 0 Å². The maximum Gasteiger partial charge on any atom is 0.234 e. The maximum absolute atomic E-state index is 11.9. The Morgan fingerprint density at radius 2 is 2.05 bits per heavy atom. The van der Waals surface area contributed by atoms with Gasteiger partial charge in [0, 0.05) is 11.4 Å². The first-order valence-electron chi connectivity index (χ1n) is 7.03. The summed E-state index contributed by atoms with van der Waals surface area (Å²) >= 11 is 1.57. The lowest BCUT2D eigenvalue weighted by molar-refractivity contribution is -0.113. The molecule has 3 rings (SSSR count). The monoisotopic (exact) mass is 315 g/mol. The van der Waals surface area contributed by atoms with E-state index in [0.29, 0.717) is 5.75 Å². The molecule has 2 aromatic carbocycles. The molecule has 0 unspecified atom stereocenters. The number of fused-ring (bicyclic) bond motifs is 1. The van der Waals surface area contributed by atoms with Crippen molar-refractivity contribution in [3.63, 3.8) is 0 Å². The SMILES string of the molecule is Cc1cccc(NC(=O)CSCc2ccc3c(c2)OCO3)c1. The number of hydrogen-bond donors (Lipinski definition) is 1. The number of thioether (sulfide) groups is 1. The summed E-state index contributed by atoms with van der Waals surface area (Å²) in [5, 5.41) is 2.91. The van der Waals surface area contributed by atoms with E-state index in [2.05, 4.69) is 5.32 Å². The van der Waals surface area contributed by atoms with Gasteiger partial charge in [0.25, 0.3) is 0 Å². The number of aryl methyl sites for hydroxylation is 1. The van der Waals surface area contributed by atoms with Gasteiger partial charge in [-0.25, -0.2) is 0 Å². The third-order valence-electron chi connectivity index (χ3n) is 3.24. The molecule has 0 aliphatic carbocycles. The topological polar surface area (TPSA) is 47.6 Å². The minimum absolute atomic E-state index is 0.0105. The molecule has 1 aliphatic heterocycles. The zero-order valence-corrected chi connectivity index (χ0v) is 13.1. The summed E-state index contributed by atoms with van der Waals surface area (Å²) in [5.41, 5.74) is 3.09. The van der Waals surface area contributed by atoms with Gasteiger partial charge in [0.1, 0.15) is 0 Å². The summed E-state index contributed by atoms with van der Waals surface area (Å²) in [4.78, 5) is 11.9. The number of hydrogen-bond acceptors (Lipinski definition) is 4. The molecule has 5 heteroatoms. The Morgan fingerprint density at radius 1 is 1.18 bits per heavy atom. The smallest absolute Gasteiger partial charge is 0.234 e. The molecular formula is C17H17NO3S. The number of rotatable bonds is 5. The van der Waals surface area contributed by atoms with Crippen LogP contribution in [-0.2, 0) is 10.5 Å². The number of ether oxygens (including phenoxy) is 2. The van der Waals surface area contributed by atoms with Crippen LogP contribution in [0, 0.1) is 6.92 Å². The van der Waals surface area contributed by atoms with Gasteiger partial charge >= 0.3 is 0 Å². The molecule has 0 atom stereocenters. The van der Waals surface area contributed by atoms with Gasteiger partial charge in [-0.15, -0.1) is 11.8 Å². The van der Waals surface area contributed by atoms with Gasteiger partial charge in [0.15, 0.2) is 11.5 Å². The second-order valence-electron chi connectivity index (χ2n) is 5.10. The lowest BCUT2D eigenvalue weighted by Crippen LogP contribution is -2.14. The van der Waals surface area contributed by atoms with Crippen molar-refractivity contribution < 1.29 is 14.3 Å². The van der Waals surface area contributed by atoms with Crippen LogP contribution in [0.5, 0.6) is 11.5 Å². The number of amides is 1. The quantitative estimate of drug-likeness (QED) is 0.916. The van der Waals surface area contributed by atoms with Crippen molar-refractivity contribution in [3.8, 4) is 11.5 Å². The Labute approximate surface area is 133 Å². The summed E-state index contributed by atoms with van der Waals surface area (Å²) in [5.74, 6) is 2.75. The van der Waals surface area contributed by atoms with Gasteiger partial charge in [0.05, 0.1) is 5.75 Å². The van der Waals surface area contributed by atoms with Crippen LogP contribution in [0.1, 0.15) is 11.1 Å². The minimum atomic E-state index is 0.0105. The van der Waals surface area contributed by atoms with Crippen LogP contribution in [0.25, 0.3) is 0 Å². The van der Waals surface area contributed by atoms with Crippen molar-refractivity contribution in [2.24, 2.45) is 0 Å². The first-order valence-corrected chi connectivity index (χ1v) is 8.19. The highest BCUT2D eigenvalue weighted by Crippen LogP contribution is 2.33. The average molecular weight is 315 g/mol. The Morgan fingerprint density at radius 3 is 2.91 bits per heavy atom. The molecule has 0 spiro atoms. The fourth-order valence-corrected chi connectivity index (χ4v) is 2.99. The van der Waals surface area contributed by atoms with Gasteiger partial charge < -0.3 is 14.8 Å². The Hall–Kier alpha value is -2.14. The van der Waals surface area contributed by atoms with Crippen molar-refractivity contribution in [2.45, 2.75) is 12.7 Å². The summed E-state index contributed by atoms with van der Waals surface area (Å²) < 4.78 is 10.6. The normalized spacial score (nSPS) is 12.2. The van der Waals surface area contributed by atoms with E-state index in [1.54, 1.807) is 11.8 Å². The van der Waals surface area contributed by atoms with Gasteiger partial charge in [-0.3, -0.25) is 4.79 Å². The molecule has 4 nitrogen and oxygen atoms in total. The number of anilines is 1. The van der Waals surface area contributed by atoms with E-state index in [4.69, 9.17) is 9.47 Å². The molecule has 1 aliphatic rings. The van der Waals surface area contributed by atoms with Crippen molar-refractivity contribution in [2.75, 3.05) is 17.9 Å². The zero-order chi connectivity index (χ0) is 15.4. The third kappa shape index (κ3) is 3.74. The maximum atomic E-state index is 11.9. The van der Waals surface area contributed by atoms with Crippen LogP contribution in [0.4, 0.5) is 5.69 Å². The third-order valence-corrected chi connectivity index (χ3v) is 4.24. The number of carbonyl (C=O) groups is 1. The van der Waals surface area contributed by atoms with Gasteiger partial charge in [-0.1, -0.05) is 18.2 Å². The summed E-state index contributed by atoms with van der Waals surface area (Å²) in [6, 6.07) is 13.7. The van der Waals surface area contributed by atoms with E-state index in [9.17, 15) is 4.79 Å². The standard InChI is InChI=1S/C17H17NO3S/c1-12-3-2-4-14(7-12)18-17(19)10-22-9-13-5-6-15-16(8-13)21-11-20-15/h2-8H,9-11H2,1H3,(H,18,19). The van der Waals surface area contributed by atoms with E-state index < -0.39 is 0 Å². The van der Waals surface area contributed by atoms with Crippen molar-refractivity contribution >= 4 is 23.4 Å². The molecule has 0 aromatic heterocycles.